The average molecular weight is 280 g/mol. The van der Waals surface area contributed by atoms with Crippen molar-refractivity contribution >= 4 is 23.5 Å². The molecule has 1 atom stereocenters. The molecule has 2 rings (SSSR count). The Morgan fingerprint density at radius 3 is 2.95 bits per heavy atom. The highest BCUT2D eigenvalue weighted by Gasteiger charge is 2.29. The Hall–Kier alpha value is -1.23. The van der Waals surface area contributed by atoms with Crippen LogP contribution in [0.1, 0.15) is 42.7 Å². The molecule has 0 radical (unpaired) electrons. The molecular formula is C14H20N2O2S. The fraction of sp³-hybridized carbons (Fsp3) is 0.571. The molecular weight excluding hydrogens is 260 g/mol. The Morgan fingerprint density at radius 1 is 1.58 bits per heavy atom. The highest BCUT2D eigenvalue weighted by molar-refractivity contribution is 8.00. The molecule has 0 aliphatic carbocycles. The van der Waals surface area contributed by atoms with Gasteiger partial charge in [-0.25, -0.2) is 9.78 Å². The number of nitrogens with one attached hydrogen (secondary N) is 1. The second-order valence-corrected chi connectivity index (χ2v) is 6.83. The molecule has 0 spiro atoms. The van der Waals surface area contributed by atoms with E-state index in [1.807, 2.05) is 18.7 Å². The van der Waals surface area contributed by atoms with Gasteiger partial charge in [-0.05, 0) is 44.1 Å². The van der Waals surface area contributed by atoms with Crippen LogP contribution in [0.15, 0.2) is 12.1 Å². The van der Waals surface area contributed by atoms with E-state index in [0.717, 1.165) is 18.7 Å². The summed E-state index contributed by atoms with van der Waals surface area (Å²) in [6, 6.07) is 3.25. The van der Waals surface area contributed by atoms with E-state index in [1.54, 1.807) is 12.1 Å². The molecule has 0 amide bonds. The average Bonchev–Trinajstić information content (AvgIpc) is 2.83. The van der Waals surface area contributed by atoms with E-state index in [4.69, 9.17) is 5.11 Å². The quantitative estimate of drug-likeness (QED) is 0.868. The number of hydrogen-bond acceptors (Lipinski definition) is 4. The third kappa shape index (κ3) is 3.62. The Kier molecular flexibility index (Phi) is 4.34. The summed E-state index contributed by atoms with van der Waals surface area (Å²) in [6.45, 7) is 5.06. The molecule has 2 N–H and O–H groups in total. The van der Waals surface area contributed by atoms with Crippen LogP contribution in [0, 0.1) is 0 Å². The van der Waals surface area contributed by atoms with Crippen molar-refractivity contribution in [2.24, 2.45) is 0 Å². The highest BCUT2D eigenvalue weighted by Crippen LogP contribution is 2.37. The molecule has 2 heterocycles. The Morgan fingerprint density at radius 2 is 2.37 bits per heavy atom. The van der Waals surface area contributed by atoms with Gasteiger partial charge in [0.2, 0.25) is 0 Å². The zero-order chi connectivity index (χ0) is 13.9. The van der Waals surface area contributed by atoms with Crippen molar-refractivity contribution in [1.82, 2.24) is 4.98 Å². The fourth-order valence-corrected chi connectivity index (χ4v) is 3.48. The van der Waals surface area contributed by atoms with Gasteiger partial charge >= 0.3 is 5.97 Å². The van der Waals surface area contributed by atoms with Gasteiger partial charge in [-0.1, -0.05) is 6.92 Å². The lowest BCUT2D eigenvalue weighted by molar-refractivity contribution is 0.0696. The van der Waals surface area contributed by atoms with Crippen molar-refractivity contribution in [3.63, 3.8) is 0 Å². The van der Waals surface area contributed by atoms with Crippen molar-refractivity contribution in [1.29, 1.82) is 0 Å². The maximum atomic E-state index is 11.1. The van der Waals surface area contributed by atoms with Gasteiger partial charge in [-0.15, -0.1) is 0 Å². The van der Waals surface area contributed by atoms with Crippen LogP contribution in [0.3, 0.4) is 0 Å². The van der Waals surface area contributed by atoms with E-state index in [1.165, 1.54) is 18.6 Å². The predicted molar refractivity (Wildman–Crippen MR) is 79.2 cm³/mol. The summed E-state index contributed by atoms with van der Waals surface area (Å²) in [7, 11) is 0. The SMILES string of the molecule is CCc1cc(C(=O)O)cc(NCC2(C)CCCS2)n1. The Balaban J connectivity index is 2.10. The van der Waals surface area contributed by atoms with E-state index in [9.17, 15) is 4.79 Å². The number of aryl methyl sites for hydroxylation is 1. The molecule has 4 nitrogen and oxygen atoms in total. The molecule has 104 valence electrons. The summed E-state index contributed by atoms with van der Waals surface area (Å²) in [5, 5.41) is 12.4. The second-order valence-electron chi connectivity index (χ2n) is 5.15. The molecule has 1 aliphatic heterocycles. The standard InChI is InChI=1S/C14H20N2O2S/c1-3-11-7-10(13(17)18)8-12(16-11)15-9-14(2)5-4-6-19-14/h7-8H,3-6,9H2,1-2H3,(H,15,16)(H,17,18). The molecule has 0 saturated carbocycles. The fourth-order valence-electron chi connectivity index (χ4n) is 2.24. The van der Waals surface area contributed by atoms with E-state index >= 15 is 0 Å². The summed E-state index contributed by atoms with van der Waals surface area (Å²) in [6.07, 6.45) is 3.19. The lowest BCUT2D eigenvalue weighted by Gasteiger charge is -2.23. The van der Waals surface area contributed by atoms with Crippen molar-refractivity contribution in [2.45, 2.75) is 37.9 Å². The van der Waals surface area contributed by atoms with Gasteiger partial charge in [0.25, 0.3) is 0 Å². The zero-order valence-corrected chi connectivity index (χ0v) is 12.2. The van der Waals surface area contributed by atoms with Gasteiger partial charge in [0.15, 0.2) is 0 Å². The molecule has 1 aromatic rings. The number of nitrogens with zero attached hydrogens (tertiary/aromatic N) is 1. The first kappa shape index (κ1) is 14.2. The van der Waals surface area contributed by atoms with Crippen molar-refractivity contribution in [3.8, 4) is 0 Å². The lowest BCUT2D eigenvalue weighted by Crippen LogP contribution is -2.27. The monoisotopic (exact) mass is 280 g/mol. The first-order valence-corrected chi connectivity index (χ1v) is 7.63. The number of pyridine rings is 1. The number of rotatable bonds is 5. The minimum Gasteiger partial charge on any atom is -0.478 e. The summed E-state index contributed by atoms with van der Waals surface area (Å²) in [5.74, 6) is 0.980. The van der Waals surface area contributed by atoms with Crippen molar-refractivity contribution < 1.29 is 9.90 Å². The van der Waals surface area contributed by atoms with E-state index in [0.29, 0.717) is 11.4 Å². The number of aromatic nitrogens is 1. The smallest absolute Gasteiger partial charge is 0.335 e. The van der Waals surface area contributed by atoms with Crippen LogP contribution in [0.5, 0.6) is 0 Å². The third-order valence-corrected chi connectivity index (χ3v) is 4.97. The molecule has 0 bridgehead atoms. The van der Waals surface area contributed by atoms with Gasteiger partial charge in [-0.3, -0.25) is 0 Å². The summed E-state index contributed by atoms with van der Waals surface area (Å²) < 4.78 is 0.243. The van der Waals surface area contributed by atoms with Gasteiger partial charge < -0.3 is 10.4 Å². The molecule has 0 aromatic carbocycles. The minimum absolute atomic E-state index is 0.243. The number of aromatic carboxylic acids is 1. The number of thioether (sulfide) groups is 1. The van der Waals surface area contributed by atoms with Gasteiger partial charge in [0.1, 0.15) is 5.82 Å². The van der Waals surface area contributed by atoms with E-state index in [2.05, 4.69) is 17.2 Å². The Labute approximate surface area is 118 Å². The van der Waals surface area contributed by atoms with E-state index in [-0.39, 0.29) is 4.75 Å². The first-order chi connectivity index (χ1) is 9.02. The number of hydrogen-bond donors (Lipinski definition) is 2. The number of carboxylic acids is 1. The number of carboxylic acid groups (broad SMARTS) is 1. The Bertz CT molecular complexity index is 471. The van der Waals surface area contributed by atoms with Crippen LogP contribution in [0.4, 0.5) is 5.82 Å². The van der Waals surface area contributed by atoms with Crippen LogP contribution in [0.2, 0.25) is 0 Å². The topological polar surface area (TPSA) is 62.2 Å². The van der Waals surface area contributed by atoms with Crippen LogP contribution in [-0.4, -0.2) is 33.1 Å². The normalized spacial score (nSPS) is 22.4. The summed E-state index contributed by atoms with van der Waals surface area (Å²) >= 11 is 1.98. The molecule has 19 heavy (non-hydrogen) atoms. The first-order valence-electron chi connectivity index (χ1n) is 6.64. The van der Waals surface area contributed by atoms with Crippen LogP contribution >= 0.6 is 11.8 Å². The van der Waals surface area contributed by atoms with Gasteiger partial charge in [0, 0.05) is 17.0 Å². The molecule has 1 unspecified atom stereocenters. The van der Waals surface area contributed by atoms with Gasteiger partial charge in [0.05, 0.1) is 5.56 Å². The molecule has 5 heteroatoms. The number of anilines is 1. The molecule has 1 aromatic heterocycles. The summed E-state index contributed by atoms with van der Waals surface area (Å²) in [4.78, 5) is 15.5. The molecule has 1 aliphatic rings. The third-order valence-electron chi connectivity index (χ3n) is 3.43. The lowest BCUT2D eigenvalue weighted by atomic mass is 10.1. The minimum atomic E-state index is -0.901. The molecule has 1 fully saturated rings. The molecule has 1 saturated heterocycles. The number of carbonyl (C=O) groups is 1. The van der Waals surface area contributed by atoms with Crippen molar-refractivity contribution in [3.05, 3.63) is 23.4 Å². The van der Waals surface area contributed by atoms with Crippen LogP contribution in [0.25, 0.3) is 0 Å². The summed E-state index contributed by atoms with van der Waals surface area (Å²) in [5.41, 5.74) is 1.12. The van der Waals surface area contributed by atoms with Gasteiger partial charge in [-0.2, -0.15) is 11.8 Å². The largest absolute Gasteiger partial charge is 0.478 e. The second kappa shape index (κ2) is 5.82. The maximum Gasteiger partial charge on any atom is 0.335 e. The highest BCUT2D eigenvalue weighted by atomic mass is 32.2. The van der Waals surface area contributed by atoms with Crippen LogP contribution < -0.4 is 5.32 Å². The predicted octanol–water partition coefficient (Wildman–Crippen LogP) is 3.04. The van der Waals surface area contributed by atoms with E-state index < -0.39 is 5.97 Å². The van der Waals surface area contributed by atoms with Crippen molar-refractivity contribution in [2.75, 3.05) is 17.6 Å². The maximum absolute atomic E-state index is 11.1. The van der Waals surface area contributed by atoms with Crippen LogP contribution in [-0.2, 0) is 6.42 Å². The zero-order valence-electron chi connectivity index (χ0n) is 11.4.